The van der Waals surface area contributed by atoms with E-state index in [0.717, 1.165) is 5.56 Å². The number of halogens is 1. The number of hydrogen-bond donors (Lipinski definition) is 1. The fourth-order valence-corrected chi connectivity index (χ4v) is 2.10. The predicted molar refractivity (Wildman–Crippen MR) is 96.9 cm³/mol. The highest BCUT2D eigenvalue weighted by atomic mass is 19.1. The largest absolute Gasteiger partial charge is 0.465 e. The molecule has 5 heteroatoms. The Kier molecular flexibility index (Phi) is 6.69. The van der Waals surface area contributed by atoms with Gasteiger partial charge in [0.15, 0.2) is 0 Å². The van der Waals surface area contributed by atoms with Gasteiger partial charge in [-0.15, -0.1) is 0 Å². The topological polar surface area (TPSA) is 50.7 Å². The molecular formula is C20H23FN2O2. The zero-order valence-corrected chi connectivity index (χ0v) is 14.7. The second kappa shape index (κ2) is 8.97. The summed E-state index contributed by atoms with van der Waals surface area (Å²) in [6, 6.07) is 15.1. The van der Waals surface area contributed by atoms with Crippen molar-refractivity contribution in [1.82, 2.24) is 5.32 Å². The number of benzene rings is 2. The Balaban J connectivity index is 2.15. The quantitative estimate of drug-likeness (QED) is 0.649. The summed E-state index contributed by atoms with van der Waals surface area (Å²) in [7, 11) is 0. The van der Waals surface area contributed by atoms with Crippen molar-refractivity contribution in [2.45, 2.75) is 26.8 Å². The van der Waals surface area contributed by atoms with Gasteiger partial charge in [-0.05, 0) is 42.7 Å². The summed E-state index contributed by atoms with van der Waals surface area (Å²) in [5.41, 5.74) is 1.36. The van der Waals surface area contributed by atoms with Crippen molar-refractivity contribution in [1.29, 1.82) is 0 Å². The number of rotatable bonds is 5. The maximum absolute atomic E-state index is 13.0. The lowest BCUT2D eigenvalue weighted by Crippen LogP contribution is -2.33. The minimum absolute atomic E-state index is 0.166. The Bertz CT molecular complexity index is 712. The molecule has 1 atom stereocenters. The van der Waals surface area contributed by atoms with Gasteiger partial charge in [-0.3, -0.25) is 10.1 Å². The first kappa shape index (κ1) is 18.6. The molecule has 0 saturated carbocycles. The van der Waals surface area contributed by atoms with E-state index >= 15 is 0 Å². The second-order valence-electron chi connectivity index (χ2n) is 6.19. The van der Waals surface area contributed by atoms with Crippen molar-refractivity contribution in [2.75, 3.05) is 6.61 Å². The molecule has 0 aliphatic rings. The number of aliphatic imine (C=N–C) groups is 1. The first-order chi connectivity index (χ1) is 12.0. The van der Waals surface area contributed by atoms with Crippen LogP contribution in [-0.4, -0.2) is 18.5 Å². The molecule has 0 aliphatic heterocycles. The average Bonchev–Trinajstić information content (AvgIpc) is 2.60. The van der Waals surface area contributed by atoms with Crippen LogP contribution in [0.5, 0.6) is 0 Å². The van der Waals surface area contributed by atoms with E-state index in [1.54, 1.807) is 0 Å². The molecule has 2 aromatic carbocycles. The first-order valence-electron chi connectivity index (χ1n) is 8.28. The summed E-state index contributed by atoms with van der Waals surface area (Å²) in [4.78, 5) is 16.8. The lowest BCUT2D eigenvalue weighted by molar-refractivity contribution is 0.0963. The van der Waals surface area contributed by atoms with E-state index in [2.05, 4.69) is 10.3 Å². The minimum atomic E-state index is -0.390. The van der Waals surface area contributed by atoms with Crippen LogP contribution in [-0.2, 0) is 4.74 Å². The molecule has 0 aromatic heterocycles. The highest BCUT2D eigenvalue weighted by Gasteiger charge is 2.13. The summed E-state index contributed by atoms with van der Waals surface area (Å²) in [6.45, 7) is 6.39. The molecule has 0 aliphatic carbocycles. The van der Waals surface area contributed by atoms with Crippen molar-refractivity contribution in [3.05, 3.63) is 71.5 Å². The highest BCUT2D eigenvalue weighted by molar-refractivity contribution is 6.04. The second-order valence-corrected chi connectivity index (χ2v) is 6.19. The molecule has 25 heavy (non-hydrogen) atoms. The molecule has 0 unspecified atom stereocenters. The average molecular weight is 342 g/mol. The van der Waals surface area contributed by atoms with E-state index in [-0.39, 0.29) is 23.8 Å². The molecule has 1 amide bonds. The molecule has 4 nitrogen and oxygen atoms in total. The Morgan fingerprint density at radius 2 is 1.72 bits per heavy atom. The molecule has 132 valence electrons. The van der Waals surface area contributed by atoms with Crippen LogP contribution in [0, 0.1) is 11.7 Å². The van der Waals surface area contributed by atoms with Crippen molar-refractivity contribution in [2.24, 2.45) is 10.9 Å². The van der Waals surface area contributed by atoms with Gasteiger partial charge in [-0.2, -0.15) is 0 Å². The molecule has 0 bridgehead atoms. The van der Waals surface area contributed by atoms with Crippen LogP contribution in [0.4, 0.5) is 4.39 Å². The maximum Gasteiger partial charge on any atom is 0.292 e. The van der Waals surface area contributed by atoms with Crippen molar-refractivity contribution >= 4 is 11.9 Å². The standard InChI is InChI=1S/C20H23FN2O2/c1-14(2)13-25-20(22-15(3)16-7-5-4-6-8-16)23-19(24)17-9-11-18(21)12-10-17/h4-12,14-15H,13H2,1-3H3,(H,22,23,24)/t15-/m0/s1. The number of carbonyl (C=O) groups excluding carboxylic acids is 1. The van der Waals surface area contributed by atoms with E-state index in [1.807, 2.05) is 51.1 Å². The number of amides is 1. The normalized spacial score (nSPS) is 12.8. The lowest BCUT2D eigenvalue weighted by Gasteiger charge is -2.15. The number of carbonyl (C=O) groups is 1. The van der Waals surface area contributed by atoms with Crippen LogP contribution in [0.15, 0.2) is 59.6 Å². The molecule has 0 radical (unpaired) electrons. The SMILES string of the molecule is CC(C)COC(=N[C@@H](C)c1ccccc1)NC(=O)c1ccc(F)cc1. The van der Waals surface area contributed by atoms with Gasteiger partial charge in [-0.25, -0.2) is 9.38 Å². The molecule has 2 aromatic rings. The molecule has 2 rings (SSSR count). The smallest absolute Gasteiger partial charge is 0.292 e. The summed E-state index contributed by atoms with van der Waals surface area (Å²) in [6.07, 6.45) is 0. The van der Waals surface area contributed by atoms with Gasteiger partial charge in [0, 0.05) is 5.56 Å². The zero-order valence-electron chi connectivity index (χ0n) is 14.7. The zero-order chi connectivity index (χ0) is 18.2. The molecule has 1 N–H and O–H groups in total. The third-order valence-electron chi connectivity index (χ3n) is 3.47. The van der Waals surface area contributed by atoms with Crippen molar-refractivity contribution in [3.63, 3.8) is 0 Å². The van der Waals surface area contributed by atoms with E-state index < -0.39 is 0 Å². The number of hydrogen-bond acceptors (Lipinski definition) is 3. The number of amidine groups is 1. The monoisotopic (exact) mass is 342 g/mol. The molecule has 0 fully saturated rings. The summed E-state index contributed by atoms with van der Waals surface area (Å²) in [5.74, 6) is -0.484. The van der Waals surface area contributed by atoms with Crippen LogP contribution >= 0.6 is 0 Å². The van der Waals surface area contributed by atoms with Crippen LogP contribution in [0.25, 0.3) is 0 Å². The fourth-order valence-electron chi connectivity index (χ4n) is 2.10. The Labute approximate surface area is 147 Å². The van der Waals surface area contributed by atoms with E-state index in [0.29, 0.717) is 18.1 Å². The fraction of sp³-hybridized carbons (Fsp3) is 0.300. The van der Waals surface area contributed by atoms with Gasteiger partial charge in [0.05, 0.1) is 12.6 Å². The molecular weight excluding hydrogens is 319 g/mol. The Hall–Kier alpha value is -2.69. The molecule has 0 saturated heterocycles. The Morgan fingerprint density at radius 1 is 1.08 bits per heavy atom. The van der Waals surface area contributed by atoms with Gasteiger partial charge in [0.1, 0.15) is 5.82 Å². The third-order valence-corrected chi connectivity index (χ3v) is 3.47. The van der Waals surface area contributed by atoms with Crippen LogP contribution in [0.3, 0.4) is 0 Å². The van der Waals surface area contributed by atoms with Gasteiger partial charge >= 0.3 is 0 Å². The summed E-state index contributed by atoms with van der Waals surface area (Å²) >= 11 is 0. The lowest BCUT2D eigenvalue weighted by atomic mass is 10.1. The molecule has 0 spiro atoms. The number of nitrogens with one attached hydrogen (secondary N) is 1. The van der Waals surface area contributed by atoms with Crippen LogP contribution in [0.2, 0.25) is 0 Å². The third kappa shape index (κ3) is 6.03. The van der Waals surface area contributed by atoms with Crippen molar-refractivity contribution < 1.29 is 13.9 Å². The Morgan fingerprint density at radius 3 is 2.32 bits per heavy atom. The van der Waals surface area contributed by atoms with Gasteiger partial charge < -0.3 is 4.74 Å². The molecule has 0 heterocycles. The van der Waals surface area contributed by atoms with Crippen LogP contribution in [0.1, 0.15) is 42.7 Å². The summed E-state index contributed by atoms with van der Waals surface area (Å²) < 4.78 is 18.7. The number of nitrogens with zero attached hydrogens (tertiary/aromatic N) is 1. The minimum Gasteiger partial charge on any atom is -0.465 e. The predicted octanol–water partition coefficient (Wildman–Crippen LogP) is 4.35. The highest BCUT2D eigenvalue weighted by Crippen LogP contribution is 2.16. The maximum atomic E-state index is 13.0. The van der Waals surface area contributed by atoms with E-state index in [1.165, 1.54) is 24.3 Å². The van der Waals surface area contributed by atoms with E-state index in [9.17, 15) is 9.18 Å². The van der Waals surface area contributed by atoms with Crippen molar-refractivity contribution in [3.8, 4) is 0 Å². The van der Waals surface area contributed by atoms with E-state index in [4.69, 9.17) is 4.74 Å². The van der Waals surface area contributed by atoms with Crippen LogP contribution < -0.4 is 5.32 Å². The summed E-state index contributed by atoms with van der Waals surface area (Å²) in [5, 5.41) is 2.68. The van der Waals surface area contributed by atoms with Gasteiger partial charge in [0.2, 0.25) is 0 Å². The van der Waals surface area contributed by atoms with Gasteiger partial charge in [0.25, 0.3) is 11.9 Å². The van der Waals surface area contributed by atoms with Gasteiger partial charge in [-0.1, -0.05) is 44.2 Å². The number of ether oxygens (including phenoxy) is 1. The first-order valence-corrected chi connectivity index (χ1v) is 8.28.